The molecule has 4 heterocycles. The molecule has 184 valence electrons. The third-order valence-electron chi connectivity index (χ3n) is 7.81. The summed E-state index contributed by atoms with van der Waals surface area (Å²) in [6.07, 6.45) is 4.67. The number of ether oxygens (including phenoxy) is 1. The molecule has 0 spiro atoms. The number of hydrogen-bond donors (Lipinski definition) is 0. The number of benzene rings is 1. The van der Waals surface area contributed by atoms with Gasteiger partial charge >= 0.3 is 0 Å². The second kappa shape index (κ2) is 10.6. The third kappa shape index (κ3) is 5.21. The van der Waals surface area contributed by atoms with E-state index >= 15 is 0 Å². The molecule has 3 aliphatic heterocycles. The highest BCUT2D eigenvalue weighted by molar-refractivity contribution is 5.65. The minimum absolute atomic E-state index is 0.704. The quantitative estimate of drug-likeness (QED) is 0.624. The molecule has 0 aliphatic carbocycles. The first-order valence-electron chi connectivity index (χ1n) is 13.0. The average Bonchev–Trinajstić information content (AvgIpc) is 3.28. The van der Waals surface area contributed by atoms with Crippen LogP contribution in [-0.4, -0.2) is 98.9 Å². The summed E-state index contributed by atoms with van der Waals surface area (Å²) in [7, 11) is 4.39. The molecule has 2 saturated heterocycles. The number of hydrogen-bond acceptors (Lipinski definition) is 7. The van der Waals surface area contributed by atoms with Crippen molar-refractivity contribution in [3.8, 4) is 11.4 Å². The molecule has 2 fully saturated rings. The van der Waals surface area contributed by atoms with Crippen LogP contribution in [0.3, 0.4) is 0 Å². The van der Waals surface area contributed by atoms with Crippen molar-refractivity contribution in [1.82, 2.24) is 19.8 Å². The minimum Gasteiger partial charge on any atom is -0.379 e. The van der Waals surface area contributed by atoms with Crippen LogP contribution in [0.1, 0.15) is 30.5 Å². The van der Waals surface area contributed by atoms with E-state index in [1.54, 1.807) is 0 Å². The van der Waals surface area contributed by atoms with Crippen molar-refractivity contribution in [2.45, 2.75) is 38.6 Å². The SMILES string of the molecule is Cc1nc(-c2ccc(N3CCC(N(C)C)CC3)cc2)nc2c1CCN2CCCN1CCOCC1. The Balaban J connectivity index is 1.24. The van der Waals surface area contributed by atoms with Crippen LogP contribution in [0.15, 0.2) is 24.3 Å². The Morgan fingerprint density at radius 2 is 1.68 bits per heavy atom. The van der Waals surface area contributed by atoms with Crippen molar-refractivity contribution in [3.63, 3.8) is 0 Å². The average molecular weight is 465 g/mol. The largest absolute Gasteiger partial charge is 0.379 e. The van der Waals surface area contributed by atoms with E-state index in [0.29, 0.717) is 6.04 Å². The van der Waals surface area contributed by atoms with Gasteiger partial charge in [-0.25, -0.2) is 9.97 Å². The highest BCUT2D eigenvalue weighted by atomic mass is 16.5. The Morgan fingerprint density at radius 3 is 2.38 bits per heavy atom. The van der Waals surface area contributed by atoms with Crippen molar-refractivity contribution < 1.29 is 4.74 Å². The van der Waals surface area contributed by atoms with E-state index in [1.807, 2.05) is 0 Å². The Morgan fingerprint density at radius 1 is 0.941 bits per heavy atom. The van der Waals surface area contributed by atoms with Crippen LogP contribution >= 0.6 is 0 Å². The maximum Gasteiger partial charge on any atom is 0.161 e. The normalized spacial score (nSPS) is 19.8. The molecule has 0 radical (unpaired) electrons. The molecule has 7 nitrogen and oxygen atoms in total. The van der Waals surface area contributed by atoms with Gasteiger partial charge < -0.3 is 19.4 Å². The number of nitrogens with zero attached hydrogens (tertiary/aromatic N) is 6. The van der Waals surface area contributed by atoms with Gasteiger partial charge in [0, 0.05) is 74.4 Å². The number of aromatic nitrogens is 2. The molecule has 34 heavy (non-hydrogen) atoms. The van der Waals surface area contributed by atoms with Crippen molar-refractivity contribution in [1.29, 1.82) is 0 Å². The lowest BCUT2D eigenvalue weighted by Gasteiger charge is -2.36. The van der Waals surface area contributed by atoms with E-state index in [-0.39, 0.29) is 0 Å². The van der Waals surface area contributed by atoms with E-state index < -0.39 is 0 Å². The standard InChI is InChI=1S/C27H40N6O/c1-21-25-11-16-33(13-4-12-31-17-19-34-20-18-31)27(25)29-26(28-21)22-5-7-24(8-6-22)32-14-9-23(10-15-32)30(2)3/h5-8,23H,4,9-20H2,1-3H3. The van der Waals surface area contributed by atoms with Crippen LogP contribution < -0.4 is 9.80 Å². The Hall–Kier alpha value is -2.22. The highest BCUT2D eigenvalue weighted by Crippen LogP contribution is 2.31. The lowest BCUT2D eigenvalue weighted by atomic mass is 10.0. The van der Waals surface area contributed by atoms with Crippen molar-refractivity contribution in [2.75, 3.05) is 82.9 Å². The zero-order valence-corrected chi connectivity index (χ0v) is 21.2. The minimum atomic E-state index is 0.704. The van der Waals surface area contributed by atoms with E-state index in [0.717, 1.165) is 94.8 Å². The second-order valence-electron chi connectivity index (χ2n) is 10.2. The molecule has 7 heteroatoms. The van der Waals surface area contributed by atoms with Gasteiger partial charge in [-0.2, -0.15) is 0 Å². The molecule has 0 saturated carbocycles. The lowest BCUT2D eigenvalue weighted by molar-refractivity contribution is 0.0376. The van der Waals surface area contributed by atoms with Crippen LogP contribution in [0.2, 0.25) is 0 Å². The number of fused-ring (bicyclic) bond motifs is 1. The fraction of sp³-hybridized carbons (Fsp3) is 0.630. The van der Waals surface area contributed by atoms with Crippen LogP contribution in [0, 0.1) is 6.92 Å². The number of piperidine rings is 1. The van der Waals surface area contributed by atoms with E-state index in [9.17, 15) is 0 Å². The zero-order valence-electron chi connectivity index (χ0n) is 21.2. The van der Waals surface area contributed by atoms with Gasteiger partial charge in [-0.15, -0.1) is 0 Å². The summed E-state index contributed by atoms with van der Waals surface area (Å²) < 4.78 is 5.48. The maximum absolute atomic E-state index is 5.48. The highest BCUT2D eigenvalue weighted by Gasteiger charge is 2.25. The summed E-state index contributed by atoms with van der Waals surface area (Å²) in [5, 5.41) is 0. The number of rotatable bonds is 7. The molecule has 0 bridgehead atoms. The van der Waals surface area contributed by atoms with Gasteiger partial charge in [-0.3, -0.25) is 4.90 Å². The van der Waals surface area contributed by atoms with Crippen LogP contribution in [0.5, 0.6) is 0 Å². The molecular weight excluding hydrogens is 424 g/mol. The van der Waals surface area contributed by atoms with Gasteiger partial charge in [-0.05, 0) is 71.0 Å². The molecule has 1 aromatic heterocycles. The number of aryl methyl sites for hydroxylation is 1. The van der Waals surface area contributed by atoms with Gasteiger partial charge in [0.05, 0.1) is 13.2 Å². The predicted molar refractivity (Wildman–Crippen MR) is 139 cm³/mol. The summed E-state index contributed by atoms with van der Waals surface area (Å²) in [5.41, 5.74) is 4.88. The molecule has 0 N–H and O–H groups in total. The van der Waals surface area contributed by atoms with Crippen molar-refractivity contribution in [3.05, 3.63) is 35.5 Å². The summed E-state index contributed by atoms with van der Waals surface area (Å²) in [5.74, 6) is 2.01. The fourth-order valence-electron chi connectivity index (χ4n) is 5.61. The van der Waals surface area contributed by atoms with Gasteiger partial charge in [0.1, 0.15) is 5.82 Å². The van der Waals surface area contributed by atoms with Gasteiger partial charge in [0.25, 0.3) is 0 Å². The smallest absolute Gasteiger partial charge is 0.161 e. The molecule has 0 atom stereocenters. The number of anilines is 2. The van der Waals surface area contributed by atoms with Gasteiger partial charge in [0.15, 0.2) is 5.82 Å². The first-order valence-corrected chi connectivity index (χ1v) is 13.0. The van der Waals surface area contributed by atoms with Crippen molar-refractivity contribution in [2.24, 2.45) is 0 Å². The molecule has 3 aliphatic rings. The lowest BCUT2D eigenvalue weighted by Crippen LogP contribution is -2.41. The summed E-state index contributed by atoms with van der Waals surface area (Å²) in [6.45, 7) is 11.5. The molecule has 2 aromatic rings. The van der Waals surface area contributed by atoms with Crippen LogP contribution in [0.4, 0.5) is 11.5 Å². The topological polar surface area (TPSA) is 48.0 Å². The fourth-order valence-corrected chi connectivity index (χ4v) is 5.61. The summed E-state index contributed by atoms with van der Waals surface area (Å²) >= 11 is 0. The van der Waals surface area contributed by atoms with E-state index in [1.165, 1.54) is 24.1 Å². The van der Waals surface area contributed by atoms with Crippen LogP contribution in [0.25, 0.3) is 11.4 Å². The van der Waals surface area contributed by atoms with E-state index in [4.69, 9.17) is 14.7 Å². The first-order chi connectivity index (χ1) is 16.6. The Labute approximate surface area is 204 Å². The molecule has 5 rings (SSSR count). The summed E-state index contributed by atoms with van der Waals surface area (Å²) in [6, 6.07) is 9.60. The molecule has 0 amide bonds. The monoisotopic (exact) mass is 464 g/mol. The Bertz CT molecular complexity index is 948. The first kappa shape index (κ1) is 23.5. The third-order valence-corrected chi connectivity index (χ3v) is 7.81. The van der Waals surface area contributed by atoms with Gasteiger partial charge in [0.2, 0.25) is 0 Å². The predicted octanol–water partition coefficient (Wildman–Crippen LogP) is 3.07. The maximum atomic E-state index is 5.48. The molecule has 0 unspecified atom stereocenters. The molecule has 1 aromatic carbocycles. The Kier molecular flexibility index (Phi) is 7.32. The number of morpholine rings is 1. The molecular formula is C27H40N6O. The van der Waals surface area contributed by atoms with Crippen molar-refractivity contribution >= 4 is 11.5 Å². The second-order valence-corrected chi connectivity index (χ2v) is 10.2. The summed E-state index contributed by atoms with van der Waals surface area (Å²) in [4.78, 5) is 19.8. The van der Waals surface area contributed by atoms with Gasteiger partial charge in [-0.1, -0.05) is 0 Å². The zero-order chi connectivity index (χ0) is 23.5. The van der Waals surface area contributed by atoms with Crippen LogP contribution in [-0.2, 0) is 11.2 Å². The van der Waals surface area contributed by atoms with E-state index in [2.05, 4.69) is 64.9 Å².